The van der Waals surface area contributed by atoms with Crippen molar-refractivity contribution in [3.8, 4) is 11.5 Å². The quantitative estimate of drug-likeness (QED) is 0.854. The molecular weight excluding hydrogens is 216 g/mol. The fraction of sp³-hybridized carbons (Fsp3) is 0.538. The topological polar surface area (TPSA) is 47.7 Å². The van der Waals surface area contributed by atoms with E-state index in [9.17, 15) is 0 Å². The van der Waals surface area contributed by atoms with Gasteiger partial charge >= 0.3 is 0 Å². The lowest BCUT2D eigenvalue weighted by Crippen LogP contribution is -2.21. The first-order valence-corrected chi connectivity index (χ1v) is 5.95. The molecule has 1 aliphatic rings. The molecule has 1 unspecified atom stereocenters. The fourth-order valence-electron chi connectivity index (χ4n) is 2.22. The van der Waals surface area contributed by atoms with Gasteiger partial charge < -0.3 is 20.1 Å². The van der Waals surface area contributed by atoms with E-state index in [1.165, 1.54) is 0 Å². The van der Waals surface area contributed by atoms with Crippen LogP contribution in [0, 0.1) is 0 Å². The van der Waals surface area contributed by atoms with Crippen molar-refractivity contribution in [2.24, 2.45) is 5.73 Å². The largest absolute Gasteiger partial charge is 0.493 e. The van der Waals surface area contributed by atoms with Crippen molar-refractivity contribution in [2.45, 2.75) is 19.1 Å². The molecule has 1 aliphatic heterocycles. The highest BCUT2D eigenvalue weighted by atomic mass is 16.5. The van der Waals surface area contributed by atoms with Gasteiger partial charge in [0.15, 0.2) is 11.5 Å². The van der Waals surface area contributed by atoms with Gasteiger partial charge in [0.2, 0.25) is 0 Å². The van der Waals surface area contributed by atoms with E-state index in [2.05, 4.69) is 11.9 Å². The average Bonchev–Trinajstić information content (AvgIpc) is 2.74. The Bertz CT molecular complexity index is 382. The van der Waals surface area contributed by atoms with Crippen LogP contribution in [0.3, 0.4) is 0 Å². The van der Waals surface area contributed by atoms with Crippen LogP contribution in [0.15, 0.2) is 18.2 Å². The van der Waals surface area contributed by atoms with Gasteiger partial charge in [0, 0.05) is 25.2 Å². The Morgan fingerprint density at radius 3 is 2.88 bits per heavy atom. The number of likely N-dealkylation sites (tertiary alicyclic amines) is 1. The van der Waals surface area contributed by atoms with Gasteiger partial charge in [0.25, 0.3) is 0 Å². The maximum absolute atomic E-state index is 5.99. The van der Waals surface area contributed by atoms with E-state index >= 15 is 0 Å². The molecule has 0 amide bonds. The molecule has 1 fully saturated rings. The summed E-state index contributed by atoms with van der Waals surface area (Å²) in [4.78, 5) is 2.27. The number of hydrogen-bond acceptors (Lipinski definition) is 4. The second-order valence-corrected chi connectivity index (χ2v) is 4.44. The van der Waals surface area contributed by atoms with E-state index < -0.39 is 0 Å². The molecule has 17 heavy (non-hydrogen) atoms. The normalized spacial score (nSPS) is 20.5. The molecular formula is C13H20N2O2. The van der Waals surface area contributed by atoms with E-state index in [0.717, 1.165) is 36.6 Å². The van der Waals surface area contributed by atoms with E-state index in [1.54, 1.807) is 7.11 Å². The number of benzene rings is 1. The van der Waals surface area contributed by atoms with Gasteiger partial charge in [-0.3, -0.25) is 0 Å². The summed E-state index contributed by atoms with van der Waals surface area (Å²) in [6.45, 7) is 2.52. The molecule has 0 bridgehead atoms. The van der Waals surface area contributed by atoms with E-state index in [0.29, 0.717) is 6.54 Å². The Morgan fingerprint density at radius 1 is 1.47 bits per heavy atom. The van der Waals surface area contributed by atoms with Crippen molar-refractivity contribution in [3.63, 3.8) is 0 Å². The first kappa shape index (κ1) is 12.2. The molecule has 1 heterocycles. The van der Waals surface area contributed by atoms with Crippen LogP contribution in [-0.4, -0.2) is 38.3 Å². The van der Waals surface area contributed by atoms with E-state index in [4.69, 9.17) is 15.2 Å². The number of likely N-dealkylation sites (N-methyl/N-ethyl adjacent to an activating group) is 1. The van der Waals surface area contributed by atoms with Crippen LogP contribution in [0.25, 0.3) is 0 Å². The standard InChI is InChI=1S/C13H20N2O2/c1-15-7-6-11(9-15)17-12-5-3-4-10(8-14)13(12)16-2/h3-5,11H,6-9,14H2,1-2H3. The summed E-state index contributed by atoms with van der Waals surface area (Å²) in [7, 11) is 3.76. The van der Waals surface area contributed by atoms with Crippen molar-refractivity contribution in [3.05, 3.63) is 23.8 Å². The number of para-hydroxylation sites is 1. The van der Waals surface area contributed by atoms with Crippen molar-refractivity contribution < 1.29 is 9.47 Å². The lowest BCUT2D eigenvalue weighted by molar-refractivity contribution is 0.199. The van der Waals surface area contributed by atoms with Gasteiger partial charge in [-0.15, -0.1) is 0 Å². The molecule has 2 N–H and O–H groups in total. The number of ether oxygens (including phenoxy) is 2. The average molecular weight is 236 g/mol. The first-order chi connectivity index (χ1) is 8.24. The summed E-state index contributed by atoms with van der Waals surface area (Å²) in [5.74, 6) is 1.57. The van der Waals surface area contributed by atoms with Crippen molar-refractivity contribution >= 4 is 0 Å². The molecule has 1 aromatic rings. The van der Waals surface area contributed by atoms with Crippen LogP contribution in [0.4, 0.5) is 0 Å². The van der Waals surface area contributed by atoms with E-state index in [1.807, 2.05) is 18.2 Å². The Balaban J connectivity index is 2.14. The summed E-state index contributed by atoms with van der Waals surface area (Å²) >= 11 is 0. The minimum absolute atomic E-state index is 0.252. The summed E-state index contributed by atoms with van der Waals surface area (Å²) < 4.78 is 11.4. The molecule has 1 aromatic carbocycles. The summed E-state index contributed by atoms with van der Waals surface area (Å²) in [5.41, 5.74) is 6.66. The highest BCUT2D eigenvalue weighted by Crippen LogP contribution is 2.32. The first-order valence-electron chi connectivity index (χ1n) is 5.95. The van der Waals surface area contributed by atoms with E-state index in [-0.39, 0.29) is 6.10 Å². The molecule has 1 atom stereocenters. The minimum atomic E-state index is 0.252. The third-order valence-electron chi connectivity index (χ3n) is 3.13. The second kappa shape index (κ2) is 5.38. The molecule has 0 radical (unpaired) electrons. The highest BCUT2D eigenvalue weighted by molar-refractivity contribution is 5.46. The van der Waals surface area contributed by atoms with Crippen LogP contribution < -0.4 is 15.2 Å². The number of nitrogens with two attached hydrogens (primary N) is 1. The van der Waals surface area contributed by atoms with Crippen molar-refractivity contribution in [1.82, 2.24) is 4.90 Å². The molecule has 0 saturated carbocycles. The number of nitrogens with zero attached hydrogens (tertiary/aromatic N) is 1. The van der Waals surface area contributed by atoms with Gasteiger partial charge in [0.05, 0.1) is 7.11 Å². The molecule has 2 rings (SSSR count). The number of rotatable bonds is 4. The van der Waals surface area contributed by atoms with Gasteiger partial charge in [-0.1, -0.05) is 12.1 Å². The zero-order chi connectivity index (χ0) is 12.3. The van der Waals surface area contributed by atoms with Crippen LogP contribution >= 0.6 is 0 Å². The molecule has 1 saturated heterocycles. The molecule has 0 spiro atoms. The van der Waals surface area contributed by atoms with Gasteiger partial charge in [-0.05, 0) is 19.5 Å². The monoisotopic (exact) mass is 236 g/mol. The highest BCUT2D eigenvalue weighted by Gasteiger charge is 2.22. The number of methoxy groups -OCH3 is 1. The third-order valence-corrected chi connectivity index (χ3v) is 3.13. The predicted molar refractivity (Wildman–Crippen MR) is 67.4 cm³/mol. The SMILES string of the molecule is COc1c(CN)cccc1OC1CCN(C)C1. The number of hydrogen-bond donors (Lipinski definition) is 1. The van der Waals surface area contributed by atoms with Crippen LogP contribution in [0.5, 0.6) is 11.5 Å². The molecule has 0 aliphatic carbocycles. The lowest BCUT2D eigenvalue weighted by atomic mass is 10.2. The summed E-state index contributed by atoms with van der Waals surface area (Å²) in [5, 5.41) is 0. The zero-order valence-corrected chi connectivity index (χ0v) is 10.5. The predicted octanol–water partition coefficient (Wildman–Crippen LogP) is 1.24. The van der Waals surface area contributed by atoms with Crippen molar-refractivity contribution in [2.75, 3.05) is 27.2 Å². The lowest BCUT2D eigenvalue weighted by Gasteiger charge is -2.17. The summed E-state index contributed by atoms with van der Waals surface area (Å²) in [6.07, 6.45) is 1.31. The van der Waals surface area contributed by atoms with Crippen LogP contribution in [0.1, 0.15) is 12.0 Å². The van der Waals surface area contributed by atoms with Crippen LogP contribution in [0.2, 0.25) is 0 Å². The molecule has 0 aromatic heterocycles. The van der Waals surface area contributed by atoms with Gasteiger partial charge in [0.1, 0.15) is 6.10 Å². The smallest absolute Gasteiger partial charge is 0.165 e. The Labute approximate surface area is 102 Å². The maximum Gasteiger partial charge on any atom is 0.165 e. The molecule has 94 valence electrons. The molecule has 4 nitrogen and oxygen atoms in total. The van der Waals surface area contributed by atoms with Crippen LogP contribution in [-0.2, 0) is 6.54 Å². The van der Waals surface area contributed by atoms with Gasteiger partial charge in [-0.25, -0.2) is 0 Å². The molecule has 4 heteroatoms. The fourth-order valence-corrected chi connectivity index (χ4v) is 2.22. The second-order valence-electron chi connectivity index (χ2n) is 4.44. The minimum Gasteiger partial charge on any atom is -0.493 e. The zero-order valence-electron chi connectivity index (χ0n) is 10.5. The summed E-state index contributed by atoms with van der Waals surface area (Å²) in [6, 6.07) is 5.86. The Hall–Kier alpha value is -1.26. The third kappa shape index (κ3) is 2.70. The van der Waals surface area contributed by atoms with Crippen molar-refractivity contribution in [1.29, 1.82) is 0 Å². The van der Waals surface area contributed by atoms with Gasteiger partial charge in [-0.2, -0.15) is 0 Å². The maximum atomic E-state index is 5.99. The Morgan fingerprint density at radius 2 is 2.29 bits per heavy atom. The Kier molecular flexibility index (Phi) is 3.86.